The number of morpholine rings is 1. The highest BCUT2D eigenvalue weighted by molar-refractivity contribution is 9.09. The number of amides is 2. The van der Waals surface area contributed by atoms with E-state index in [9.17, 15) is 14.7 Å². The van der Waals surface area contributed by atoms with Crippen LogP contribution in [0, 0.1) is 0 Å². The van der Waals surface area contributed by atoms with E-state index in [1.165, 1.54) is 0 Å². The third-order valence-corrected chi connectivity index (χ3v) is 4.38. The summed E-state index contributed by atoms with van der Waals surface area (Å²) in [6.45, 7) is 0.983. The zero-order valence-corrected chi connectivity index (χ0v) is 16.4. The first kappa shape index (κ1) is 21.1. The average molecular weight is 435 g/mol. The molecule has 1 aliphatic heterocycles. The highest BCUT2D eigenvalue weighted by atomic mass is 79.9. The molecule has 144 valence electrons. The van der Waals surface area contributed by atoms with Crippen molar-refractivity contribution >= 4 is 27.7 Å². The molecule has 2 aromatic carbocycles. The maximum Gasteiger partial charge on any atom is 0.246 e. The number of carbonyl (C=O) groups excluding carboxylic acids is 2. The number of aliphatic hydroxyl groups is 1. The average Bonchev–Trinajstić information content (AvgIpc) is 2.74. The van der Waals surface area contributed by atoms with Gasteiger partial charge in [0.15, 0.2) is 0 Å². The van der Waals surface area contributed by atoms with E-state index in [2.05, 4.69) is 26.6 Å². The number of rotatable bonds is 5. The van der Waals surface area contributed by atoms with Crippen LogP contribution in [-0.4, -0.2) is 41.9 Å². The highest BCUT2D eigenvalue weighted by Gasteiger charge is 2.19. The maximum absolute atomic E-state index is 10.9. The molecule has 2 atom stereocenters. The molecule has 0 saturated carbocycles. The van der Waals surface area contributed by atoms with Crippen molar-refractivity contribution in [3.63, 3.8) is 0 Å². The van der Waals surface area contributed by atoms with Gasteiger partial charge in [-0.2, -0.15) is 0 Å². The standard InChI is InChI=1S/C10H12BrNO2.C10H11NO2/c11-6-10(14)12-7-9(13)8-4-2-1-3-5-8;12-10-7-13-9(6-11-10)8-4-2-1-3-5-8/h1-5,9,13H,6-7H2,(H,12,14);1-5,9H,6-7H2,(H,11,12)/t2*9-/m11/s1. The minimum Gasteiger partial charge on any atom is -0.387 e. The van der Waals surface area contributed by atoms with Crippen LogP contribution >= 0.6 is 15.9 Å². The van der Waals surface area contributed by atoms with Crippen LogP contribution in [0.1, 0.15) is 23.3 Å². The molecule has 0 aromatic heterocycles. The van der Waals surface area contributed by atoms with E-state index in [0.717, 1.165) is 11.1 Å². The number of hydrogen-bond acceptors (Lipinski definition) is 4. The summed E-state index contributed by atoms with van der Waals surface area (Å²) in [5.41, 5.74) is 1.92. The number of halogens is 1. The van der Waals surface area contributed by atoms with Gasteiger partial charge < -0.3 is 20.5 Å². The lowest BCUT2D eigenvalue weighted by Gasteiger charge is -2.23. The molecule has 3 rings (SSSR count). The lowest BCUT2D eigenvalue weighted by molar-refractivity contribution is -0.133. The van der Waals surface area contributed by atoms with E-state index in [0.29, 0.717) is 6.54 Å². The van der Waals surface area contributed by atoms with Crippen molar-refractivity contribution in [2.45, 2.75) is 12.2 Å². The number of carbonyl (C=O) groups is 2. The highest BCUT2D eigenvalue weighted by Crippen LogP contribution is 2.17. The Labute approximate surface area is 167 Å². The van der Waals surface area contributed by atoms with Crippen LogP contribution in [0.15, 0.2) is 60.7 Å². The fourth-order valence-electron chi connectivity index (χ4n) is 2.43. The first-order valence-corrected chi connectivity index (χ1v) is 9.71. The second kappa shape index (κ2) is 11.5. The van der Waals surface area contributed by atoms with E-state index in [-0.39, 0.29) is 36.4 Å². The van der Waals surface area contributed by atoms with Gasteiger partial charge in [-0.05, 0) is 11.1 Å². The van der Waals surface area contributed by atoms with Crippen LogP contribution in [-0.2, 0) is 14.3 Å². The predicted molar refractivity (Wildman–Crippen MR) is 106 cm³/mol. The first-order chi connectivity index (χ1) is 13.1. The molecular weight excluding hydrogens is 412 g/mol. The maximum atomic E-state index is 10.9. The Morgan fingerprint density at radius 1 is 1.19 bits per heavy atom. The van der Waals surface area contributed by atoms with Crippen molar-refractivity contribution < 1.29 is 19.4 Å². The van der Waals surface area contributed by atoms with Gasteiger partial charge in [-0.1, -0.05) is 76.6 Å². The van der Waals surface area contributed by atoms with Gasteiger partial charge in [0.05, 0.1) is 11.4 Å². The summed E-state index contributed by atoms with van der Waals surface area (Å²) in [5, 5.41) is 15.3. The van der Waals surface area contributed by atoms with Crippen molar-refractivity contribution in [2.24, 2.45) is 0 Å². The van der Waals surface area contributed by atoms with Crippen LogP contribution in [0.3, 0.4) is 0 Å². The van der Waals surface area contributed by atoms with Crippen LogP contribution in [0.4, 0.5) is 0 Å². The molecule has 1 heterocycles. The Balaban J connectivity index is 0.000000194. The Morgan fingerprint density at radius 2 is 1.81 bits per heavy atom. The molecule has 1 aliphatic rings. The van der Waals surface area contributed by atoms with Gasteiger partial charge in [-0.3, -0.25) is 9.59 Å². The topological polar surface area (TPSA) is 87.7 Å². The Bertz CT molecular complexity index is 702. The lowest BCUT2D eigenvalue weighted by atomic mass is 10.1. The summed E-state index contributed by atoms with van der Waals surface area (Å²) in [5.74, 6) is -0.160. The molecule has 0 bridgehead atoms. The van der Waals surface area contributed by atoms with Gasteiger partial charge in [0.1, 0.15) is 12.7 Å². The molecule has 1 fully saturated rings. The van der Waals surface area contributed by atoms with Crippen LogP contribution in [0.25, 0.3) is 0 Å². The summed E-state index contributed by atoms with van der Waals surface area (Å²) < 4.78 is 5.36. The molecule has 1 saturated heterocycles. The van der Waals surface area contributed by atoms with E-state index >= 15 is 0 Å². The van der Waals surface area contributed by atoms with Gasteiger partial charge in [0, 0.05) is 13.1 Å². The summed E-state index contributed by atoms with van der Waals surface area (Å²) in [7, 11) is 0. The molecule has 0 aliphatic carbocycles. The molecular formula is C20H23BrN2O4. The van der Waals surface area contributed by atoms with Crippen molar-refractivity contribution in [3.8, 4) is 0 Å². The summed E-state index contributed by atoms with van der Waals surface area (Å²) in [6.07, 6.45) is -0.627. The van der Waals surface area contributed by atoms with E-state index < -0.39 is 6.10 Å². The SMILES string of the molecule is O=C(CBr)NC[C@@H](O)c1ccccc1.O=C1CO[C@@H](c2ccccc2)CN1. The van der Waals surface area contributed by atoms with Crippen molar-refractivity contribution in [1.82, 2.24) is 10.6 Å². The van der Waals surface area contributed by atoms with Gasteiger partial charge in [0.25, 0.3) is 0 Å². The Hall–Kier alpha value is -2.22. The molecule has 3 N–H and O–H groups in total. The molecule has 0 spiro atoms. The Morgan fingerprint density at radius 3 is 2.37 bits per heavy atom. The summed E-state index contributed by atoms with van der Waals surface area (Å²) in [6, 6.07) is 19.1. The summed E-state index contributed by atoms with van der Waals surface area (Å²) in [4.78, 5) is 21.7. The molecule has 2 aromatic rings. The largest absolute Gasteiger partial charge is 0.387 e. The summed E-state index contributed by atoms with van der Waals surface area (Å²) >= 11 is 3.03. The van der Waals surface area contributed by atoms with Crippen LogP contribution in [0.2, 0.25) is 0 Å². The third kappa shape index (κ3) is 7.50. The lowest BCUT2D eigenvalue weighted by Crippen LogP contribution is -2.38. The number of aliphatic hydroxyl groups excluding tert-OH is 1. The number of alkyl halides is 1. The van der Waals surface area contributed by atoms with Crippen LogP contribution in [0.5, 0.6) is 0 Å². The van der Waals surface area contributed by atoms with Crippen molar-refractivity contribution in [1.29, 1.82) is 0 Å². The van der Waals surface area contributed by atoms with Gasteiger partial charge in [0.2, 0.25) is 11.8 Å². The normalized spacial score (nSPS) is 17.1. The van der Waals surface area contributed by atoms with Crippen LogP contribution < -0.4 is 10.6 Å². The smallest absolute Gasteiger partial charge is 0.246 e. The second-order valence-corrected chi connectivity index (χ2v) is 6.44. The first-order valence-electron chi connectivity index (χ1n) is 8.59. The number of nitrogens with one attached hydrogen (secondary N) is 2. The van der Waals surface area contributed by atoms with Gasteiger partial charge >= 0.3 is 0 Å². The molecule has 0 radical (unpaired) electrons. The quantitative estimate of drug-likeness (QED) is 0.628. The third-order valence-electron chi connectivity index (χ3n) is 3.87. The second-order valence-electron chi connectivity index (χ2n) is 5.88. The Kier molecular flexibility index (Phi) is 8.97. The fourth-order valence-corrected chi connectivity index (χ4v) is 2.62. The zero-order valence-electron chi connectivity index (χ0n) is 14.8. The van der Waals surface area contributed by atoms with E-state index in [1.807, 2.05) is 60.7 Å². The molecule has 6 nitrogen and oxygen atoms in total. The zero-order chi connectivity index (χ0) is 19.5. The van der Waals surface area contributed by atoms with E-state index in [1.54, 1.807) is 0 Å². The minimum atomic E-state index is -0.640. The predicted octanol–water partition coefficient (Wildman–Crippen LogP) is 2.11. The monoisotopic (exact) mass is 434 g/mol. The molecule has 0 unspecified atom stereocenters. The van der Waals surface area contributed by atoms with Gasteiger partial charge in [-0.25, -0.2) is 0 Å². The molecule has 2 amide bonds. The molecule has 7 heteroatoms. The van der Waals surface area contributed by atoms with E-state index in [4.69, 9.17) is 4.74 Å². The van der Waals surface area contributed by atoms with Crippen molar-refractivity contribution in [3.05, 3.63) is 71.8 Å². The minimum absolute atomic E-state index is 0.0129. The number of hydrogen-bond donors (Lipinski definition) is 3. The number of benzene rings is 2. The fraction of sp³-hybridized carbons (Fsp3) is 0.300. The number of ether oxygens (including phenoxy) is 1. The van der Waals surface area contributed by atoms with Crippen molar-refractivity contribution in [2.75, 3.05) is 25.0 Å². The van der Waals surface area contributed by atoms with Gasteiger partial charge in [-0.15, -0.1) is 0 Å². The molecule has 27 heavy (non-hydrogen) atoms.